The Hall–Kier alpha value is -0.0300. The van der Waals surface area contributed by atoms with Crippen molar-refractivity contribution in [1.82, 2.24) is 4.90 Å². The Morgan fingerprint density at radius 3 is 2.53 bits per heavy atom. The molecule has 0 aromatic heterocycles. The smallest absolute Gasteiger partial charge is 0.0457 e. The van der Waals surface area contributed by atoms with Crippen molar-refractivity contribution in [2.45, 2.75) is 18.2 Å². The van der Waals surface area contributed by atoms with Gasteiger partial charge in [-0.05, 0) is 32.6 Å². The number of benzene rings is 1. The van der Waals surface area contributed by atoms with Gasteiger partial charge in [-0.15, -0.1) is 0 Å². The van der Waals surface area contributed by atoms with Gasteiger partial charge >= 0.3 is 0 Å². The molecule has 0 amide bonds. The lowest BCUT2D eigenvalue weighted by Gasteiger charge is -2.22. The minimum absolute atomic E-state index is 0.154. The molecule has 0 saturated carbocycles. The average molecular weight is 317 g/mol. The number of hydrogen-bond acceptors (Lipinski definition) is 3. The Morgan fingerprint density at radius 1 is 1.35 bits per heavy atom. The van der Waals surface area contributed by atoms with Gasteiger partial charge in [0.15, 0.2) is 0 Å². The lowest BCUT2D eigenvalue weighted by atomic mass is 10.1. The van der Waals surface area contributed by atoms with E-state index in [1.165, 1.54) is 5.56 Å². The predicted octanol–water partition coefficient (Wildman–Crippen LogP) is 3.13. The average Bonchev–Trinajstić information content (AvgIpc) is 2.25. The molecule has 0 spiro atoms. The number of nitrogens with two attached hydrogens (primary N) is 1. The second kappa shape index (κ2) is 7.41. The highest BCUT2D eigenvalue weighted by Gasteiger charge is 2.18. The van der Waals surface area contributed by atoms with Gasteiger partial charge in [-0.1, -0.05) is 34.1 Å². The maximum atomic E-state index is 6.10. The maximum absolute atomic E-state index is 6.10. The summed E-state index contributed by atoms with van der Waals surface area (Å²) < 4.78 is 1.15. The molecular weight excluding hydrogens is 296 g/mol. The van der Waals surface area contributed by atoms with Gasteiger partial charge < -0.3 is 10.6 Å². The van der Waals surface area contributed by atoms with Crippen LogP contribution in [0.15, 0.2) is 28.7 Å². The summed E-state index contributed by atoms with van der Waals surface area (Å²) in [6, 6.07) is 8.50. The first-order valence-electron chi connectivity index (χ1n) is 5.78. The van der Waals surface area contributed by atoms with Gasteiger partial charge in [0, 0.05) is 28.1 Å². The van der Waals surface area contributed by atoms with E-state index in [0.717, 1.165) is 16.8 Å². The Balaban J connectivity index is 2.69. The molecular formula is C13H21BrN2S. The van der Waals surface area contributed by atoms with Crippen molar-refractivity contribution in [2.24, 2.45) is 5.73 Å². The molecule has 1 rings (SSSR count). The fourth-order valence-electron chi connectivity index (χ4n) is 1.59. The molecule has 0 aliphatic carbocycles. The first-order valence-corrected chi connectivity index (χ1v) is 7.63. The van der Waals surface area contributed by atoms with Crippen LogP contribution in [0.25, 0.3) is 0 Å². The second-order valence-corrected chi connectivity index (χ2v) is 6.58. The fourth-order valence-corrected chi connectivity index (χ4v) is 3.69. The minimum Gasteiger partial charge on any atom is -0.327 e. The number of hydrogen-bond donors (Lipinski definition) is 1. The van der Waals surface area contributed by atoms with E-state index < -0.39 is 0 Å². The number of halogens is 1. The maximum Gasteiger partial charge on any atom is 0.0457 e. The van der Waals surface area contributed by atoms with E-state index in [1.54, 1.807) is 0 Å². The highest BCUT2D eigenvalue weighted by Crippen LogP contribution is 2.35. The zero-order valence-corrected chi connectivity index (χ0v) is 13.1. The van der Waals surface area contributed by atoms with Gasteiger partial charge in [-0.2, -0.15) is 11.8 Å². The van der Waals surface area contributed by atoms with Gasteiger partial charge in [0.1, 0.15) is 0 Å². The van der Waals surface area contributed by atoms with Crippen LogP contribution in [0.1, 0.15) is 17.7 Å². The number of rotatable bonds is 6. The van der Waals surface area contributed by atoms with Crippen molar-refractivity contribution >= 4 is 27.7 Å². The van der Waals surface area contributed by atoms with Crippen molar-refractivity contribution in [3.8, 4) is 0 Å². The fraction of sp³-hybridized carbons (Fsp3) is 0.538. The van der Waals surface area contributed by atoms with Crippen molar-refractivity contribution in [3.63, 3.8) is 0 Å². The summed E-state index contributed by atoms with van der Waals surface area (Å²) in [6.45, 7) is 3.16. The van der Waals surface area contributed by atoms with Gasteiger partial charge in [-0.3, -0.25) is 0 Å². The van der Waals surface area contributed by atoms with E-state index in [1.807, 2.05) is 17.8 Å². The lowest BCUT2D eigenvalue weighted by molar-refractivity contribution is 0.437. The molecule has 1 aromatic rings. The monoisotopic (exact) mass is 316 g/mol. The Morgan fingerprint density at radius 2 is 2.00 bits per heavy atom. The van der Waals surface area contributed by atoms with Crippen LogP contribution in [0.3, 0.4) is 0 Å². The summed E-state index contributed by atoms with van der Waals surface area (Å²) in [5.74, 6) is 1.10. The molecule has 0 aliphatic heterocycles. The van der Waals surface area contributed by atoms with E-state index >= 15 is 0 Å². The van der Waals surface area contributed by atoms with Gasteiger partial charge in [0.25, 0.3) is 0 Å². The SMILES string of the molecule is CC(N)C(SCCN(C)C)c1ccccc1Br. The molecule has 96 valence electrons. The third kappa shape index (κ3) is 5.00. The Labute approximate surface area is 117 Å². The van der Waals surface area contributed by atoms with Crippen molar-refractivity contribution < 1.29 is 0 Å². The zero-order valence-electron chi connectivity index (χ0n) is 10.7. The van der Waals surface area contributed by atoms with Crippen LogP contribution in [0.2, 0.25) is 0 Å². The molecule has 0 bridgehead atoms. The van der Waals surface area contributed by atoms with Crippen molar-refractivity contribution in [3.05, 3.63) is 34.3 Å². The molecule has 2 nitrogen and oxygen atoms in total. The number of nitrogens with zero attached hydrogens (tertiary/aromatic N) is 1. The van der Waals surface area contributed by atoms with Crippen LogP contribution >= 0.6 is 27.7 Å². The first kappa shape index (κ1) is 15.0. The highest BCUT2D eigenvalue weighted by molar-refractivity contribution is 9.10. The lowest BCUT2D eigenvalue weighted by Crippen LogP contribution is -2.24. The van der Waals surface area contributed by atoms with E-state index in [0.29, 0.717) is 5.25 Å². The Kier molecular flexibility index (Phi) is 6.55. The highest BCUT2D eigenvalue weighted by atomic mass is 79.9. The summed E-state index contributed by atoms with van der Waals surface area (Å²) in [7, 11) is 4.19. The zero-order chi connectivity index (χ0) is 12.8. The van der Waals surface area contributed by atoms with E-state index in [9.17, 15) is 0 Å². The summed E-state index contributed by atoms with van der Waals surface area (Å²) >= 11 is 5.54. The quantitative estimate of drug-likeness (QED) is 0.874. The molecule has 0 fully saturated rings. The van der Waals surface area contributed by atoms with Crippen molar-refractivity contribution in [2.75, 3.05) is 26.4 Å². The molecule has 1 aromatic carbocycles. The van der Waals surface area contributed by atoms with Crippen LogP contribution in [0.4, 0.5) is 0 Å². The van der Waals surface area contributed by atoms with Crippen LogP contribution < -0.4 is 5.73 Å². The van der Waals surface area contributed by atoms with Crippen LogP contribution in [0, 0.1) is 0 Å². The first-order chi connectivity index (χ1) is 8.02. The summed E-state index contributed by atoms with van der Waals surface area (Å²) in [5, 5.41) is 0.352. The van der Waals surface area contributed by atoms with Gasteiger partial charge in [0.05, 0.1) is 0 Å². The van der Waals surface area contributed by atoms with E-state index in [2.05, 4.69) is 60.0 Å². The molecule has 0 heterocycles. The summed E-state index contributed by atoms with van der Waals surface area (Å²) in [4.78, 5) is 2.20. The van der Waals surface area contributed by atoms with Crippen LogP contribution in [0.5, 0.6) is 0 Å². The second-order valence-electron chi connectivity index (χ2n) is 4.48. The molecule has 2 N–H and O–H groups in total. The van der Waals surface area contributed by atoms with Gasteiger partial charge in [0.2, 0.25) is 0 Å². The Bertz CT molecular complexity index is 342. The normalized spacial score (nSPS) is 14.9. The molecule has 2 unspecified atom stereocenters. The topological polar surface area (TPSA) is 29.3 Å². The standard InChI is InChI=1S/C13H21BrN2S/c1-10(15)13(17-9-8-16(2)3)11-6-4-5-7-12(11)14/h4-7,10,13H,8-9,15H2,1-3H3. The summed E-state index contributed by atoms with van der Waals surface area (Å²) in [5.41, 5.74) is 7.40. The van der Waals surface area contributed by atoms with E-state index in [-0.39, 0.29) is 6.04 Å². The third-order valence-corrected chi connectivity index (χ3v) is 4.71. The largest absolute Gasteiger partial charge is 0.327 e. The van der Waals surface area contributed by atoms with Crippen molar-refractivity contribution in [1.29, 1.82) is 0 Å². The summed E-state index contributed by atoms with van der Waals surface area (Å²) in [6.07, 6.45) is 0. The third-order valence-electron chi connectivity index (χ3n) is 2.53. The van der Waals surface area contributed by atoms with E-state index in [4.69, 9.17) is 5.73 Å². The van der Waals surface area contributed by atoms with Crippen LogP contribution in [-0.4, -0.2) is 37.3 Å². The molecule has 0 radical (unpaired) electrons. The number of thioether (sulfide) groups is 1. The molecule has 0 saturated heterocycles. The van der Waals surface area contributed by atoms with Crippen LogP contribution in [-0.2, 0) is 0 Å². The minimum atomic E-state index is 0.154. The molecule has 17 heavy (non-hydrogen) atoms. The predicted molar refractivity (Wildman–Crippen MR) is 81.5 cm³/mol. The molecule has 0 aliphatic rings. The molecule has 4 heteroatoms. The molecule has 2 atom stereocenters. The van der Waals surface area contributed by atoms with Gasteiger partial charge in [-0.25, -0.2) is 0 Å².